The highest BCUT2D eigenvalue weighted by Gasteiger charge is 2.16. The summed E-state index contributed by atoms with van der Waals surface area (Å²) < 4.78 is 28.4. The number of carbonyl (C=O) groups is 2. The average molecular weight is 357 g/mol. The van der Waals surface area contributed by atoms with E-state index in [0.29, 0.717) is 6.42 Å². The lowest BCUT2D eigenvalue weighted by atomic mass is 10.1. The van der Waals surface area contributed by atoms with Gasteiger partial charge in [0.25, 0.3) is 0 Å². The van der Waals surface area contributed by atoms with Crippen molar-refractivity contribution in [3.05, 3.63) is 29.8 Å². The minimum absolute atomic E-state index is 0.0362. The number of hydrogen-bond donors (Lipinski definition) is 1. The normalized spacial score (nSPS) is 11.2. The summed E-state index contributed by atoms with van der Waals surface area (Å²) in [6.45, 7) is 1.70. The molecule has 0 spiro atoms. The first-order valence-corrected chi connectivity index (χ1v) is 9.25. The Kier molecular flexibility index (Phi) is 7.87. The molecule has 8 heteroatoms. The van der Waals surface area contributed by atoms with Crippen LogP contribution in [-0.2, 0) is 30.6 Å². The molecule has 7 nitrogen and oxygen atoms in total. The van der Waals surface area contributed by atoms with Gasteiger partial charge >= 0.3 is 5.97 Å². The molecule has 0 saturated heterocycles. The second-order valence-corrected chi connectivity index (χ2v) is 7.53. The Morgan fingerprint density at radius 1 is 1.21 bits per heavy atom. The summed E-state index contributed by atoms with van der Waals surface area (Å²) in [5.41, 5.74) is 0.820. The van der Waals surface area contributed by atoms with E-state index in [0.717, 1.165) is 5.56 Å². The maximum atomic E-state index is 12.1. The third-order valence-corrected chi connectivity index (χ3v) is 5.28. The van der Waals surface area contributed by atoms with Gasteiger partial charge < -0.3 is 14.7 Å². The number of methoxy groups -OCH3 is 1. The minimum atomic E-state index is -3.24. The predicted molar refractivity (Wildman–Crippen MR) is 88.6 cm³/mol. The van der Waals surface area contributed by atoms with Gasteiger partial charge in [-0.2, -0.15) is 0 Å². The number of sulfone groups is 1. The zero-order valence-corrected chi connectivity index (χ0v) is 14.7. The van der Waals surface area contributed by atoms with E-state index in [4.69, 9.17) is 9.84 Å². The number of hydrogen-bond acceptors (Lipinski definition) is 5. The summed E-state index contributed by atoms with van der Waals surface area (Å²) in [6.07, 6.45) is 0.561. The molecule has 0 aromatic heterocycles. The topological polar surface area (TPSA) is 101 Å². The van der Waals surface area contributed by atoms with E-state index in [1.165, 1.54) is 24.1 Å². The smallest absolute Gasteiger partial charge is 0.323 e. The van der Waals surface area contributed by atoms with Crippen molar-refractivity contribution in [1.82, 2.24) is 4.90 Å². The molecular formula is C16H23NO6S. The fourth-order valence-corrected chi connectivity index (χ4v) is 2.98. The number of benzene rings is 1. The zero-order valence-electron chi connectivity index (χ0n) is 13.9. The first kappa shape index (κ1) is 20.1. The lowest BCUT2D eigenvalue weighted by Crippen LogP contribution is -2.38. The van der Waals surface area contributed by atoms with Crippen LogP contribution in [0.2, 0.25) is 0 Å². The largest absolute Gasteiger partial charge is 0.480 e. The first-order chi connectivity index (χ1) is 11.3. The van der Waals surface area contributed by atoms with Gasteiger partial charge in [0.1, 0.15) is 6.54 Å². The third kappa shape index (κ3) is 6.29. The molecule has 0 aliphatic carbocycles. The van der Waals surface area contributed by atoms with Gasteiger partial charge in [-0.3, -0.25) is 9.59 Å². The first-order valence-electron chi connectivity index (χ1n) is 7.60. The molecule has 1 amide bonds. The number of carbonyl (C=O) groups excluding carboxylic acids is 1. The lowest BCUT2D eigenvalue weighted by Gasteiger charge is -2.20. The maximum Gasteiger partial charge on any atom is 0.323 e. The fraction of sp³-hybridized carbons (Fsp3) is 0.500. The number of nitrogens with zero attached hydrogens (tertiary/aromatic N) is 1. The highest BCUT2D eigenvalue weighted by molar-refractivity contribution is 7.91. The average Bonchev–Trinajstić information content (AvgIpc) is 2.56. The van der Waals surface area contributed by atoms with E-state index in [2.05, 4.69) is 0 Å². The second kappa shape index (κ2) is 9.39. The molecule has 0 saturated carbocycles. The Morgan fingerprint density at radius 3 is 2.33 bits per heavy atom. The SMILES string of the molecule is CCS(=O)(=O)c1ccc(CCC(=O)N(CCOC)CC(=O)O)cc1. The van der Waals surface area contributed by atoms with Gasteiger partial charge in [-0.15, -0.1) is 0 Å². The van der Waals surface area contributed by atoms with Crippen molar-refractivity contribution in [2.45, 2.75) is 24.7 Å². The molecule has 0 heterocycles. The third-order valence-electron chi connectivity index (χ3n) is 3.53. The van der Waals surface area contributed by atoms with E-state index < -0.39 is 15.8 Å². The summed E-state index contributed by atoms with van der Waals surface area (Å²) in [7, 11) is -1.76. The van der Waals surface area contributed by atoms with Crippen LogP contribution in [0.15, 0.2) is 29.2 Å². The molecule has 0 aliphatic heterocycles. The van der Waals surface area contributed by atoms with E-state index in [-0.39, 0.29) is 42.7 Å². The van der Waals surface area contributed by atoms with Crippen LogP contribution in [0.5, 0.6) is 0 Å². The number of amides is 1. The van der Waals surface area contributed by atoms with Crippen molar-refractivity contribution in [2.75, 3.05) is 32.6 Å². The molecule has 0 atom stereocenters. The highest BCUT2D eigenvalue weighted by atomic mass is 32.2. The minimum Gasteiger partial charge on any atom is -0.480 e. The summed E-state index contributed by atoms with van der Waals surface area (Å²) >= 11 is 0. The Labute approximate surface area is 142 Å². The molecule has 24 heavy (non-hydrogen) atoms. The van der Waals surface area contributed by atoms with Crippen LogP contribution in [0.1, 0.15) is 18.9 Å². The summed E-state index contributed by atoms with van der Waals surface area (Å²) in [5.74, 6) is -1.32. The lowest BCUT2D eigenvalue weighted by molar-refractivity contribution is -0.144. The van der Waals surface area contributed by atoms with Crippen molar-refractivity contribution < 1.29 is 27.9 Å². The zero-order chi connectivity index (χ0) is 18.2. The molecule has 0 fully saturated rings. The monoisotopic (exact) mass is 357 g/mol. The van der Waals surface area contributed by atoms with Crippen molar-refractivity contribution >= 4 is 21.7 Å². The molecule has 134 valence electrons. The summed E-state index contributed by atoms with van der Waals surface area (Å²) in [4.78, 5) is 24.5. The maximum absolute atomic E-state index is 12.1. The molecular weight excluding hydrogens is 334 g/mol. The van der Waals surface area contributed by atoms with Crippen molar-refractivity contribution in [3.8, 4) is 0 Å². The second-order valence-electron chi connectivity index (χ2n) is 5.25. The predicted octanol–water partition coefficient (Wildman–Crippen LogP) is 0.972. The van der Waals surface area contributed by atoms with Crippen LogP contribution in [0.4, 0.5) is 0 Å². The molecule has 1 rings (SSSR count). The number of rotatable bonds is 10. The van der Waals surface area contributed by atoms with E-state index in [1.54, 1.807) is 19.1 Å². The van der Waals surface area contributed by atoms with Crippen molar-refractivity contribution in [2.24, 2.45) is 0 Å². The Bertz CT molecular complexity index is 654. The number of carboxylic acid groups (broad SMARTS) is 1. The van der Waals surface area contributed by atoms with Gasteiger partial charge in [0, 0.05) is 20.1 Å². The van der Waals surface area contributed by atoms with E-state index in [9.17, 15) is 18.0 Å². The number of ether oxygens (including phenoxy) is 1. The summed E-state index contributed by atoms with van der Waals surface area (Å²) in [6, 6.07) is 6.40. The van der Waals surface area contributed by atoms with Gasteiger partial charge in [0.2, 0.25) is 5.91 Å². The molecule has 1 aromatic carbocycles. The molecule has 0 unspecified atom stereocenters. The van der Waals surface area contributed by atoms with Gasteiger partial charge in [-0.05, 0) is 24.1 Å². The van der Waals surface area contributed by atoms with Crippen LogP contribution >= 0.6 is 0 Å². The van der Waals surface area contributed by atoms with Gasteiger partial charge in [0.15, 0.2) is 9.84 Å². The van der Waals surface area contributed by atoms with Gasteiger partial charge in [-0.1, -0.05) is 19.1 Å². The highest BCUT2D eigenvalue weighted by Crippen LogP contribution is 2.13. The van der Waals surface area contributed by atoms with Gasteiger partial charge in [-0.25, -0.2) is 8.42 Å². The molecule has 1 N–H and O–H groups in total. The number of aliphatic carboxylic acids is 1. The van der Waals surface area contributed by atoms with Crippen LogP contribution in [0, 0.1) is 0 Å². The Balaban J connectivity index is 2.66. The van der Waals surface area contributed by atoms with Crippen molar-refractivity contribution in [3.63, 3.8) is 0 Å². The molecule has 0 aliphatic rings. The quantitative estimate of drug-likeness (QED) is 0.670. The van der Waals surface area contributed by atoms with Crippen LogP contribution in [0.25, 0.3) is 0 Å². The molecule has 0 bridgehead atoms. The van der Waals surface area contributed by atoms with Crippen LogP contribution in [-0.4, -0.2) is 62.9 Å². The van der Waals surface area contributed by atoms with Crippen LogP contribution in [0.3, 0.4) is 0 Å². The van der Waals surface area contributed by atoms with E-state index >= 15 is 0 Å². The van der Waals surface area contributed by atoms with Crippen LogP contribution < -0.4 is 0 Å². The molecule has 0 radical (unpaired) electrons. The van der Waals surface area contributed by atoms with Crippen molar-refractivity contribution in [1.29, 1.82) is 0 Å². The Hall–Kier alpha value is -1.93. The van der Waals surface area contributed by atoms with E-state index in [1.807, 2.05) is 0 Å². The number of carboxylic acids is 1. The number of aryl methyl sites for hydroxylation is 1. The summed E-state index contributed by atoms with van der Waals surface area (Å²) in [5, 5.41) is 8.86. The standard InChI is InChI=1S/C16H23NO6S/c1-3-24(21,22)14-7-4-13(5-8-14)6-9-15(18)17(10-11-23-2)12-16(19)20/h4-5,7-8H,3,6,9-12H2,1-2H3,(H,19,20). The molecule has 1 aromatic rings. The fourth-order valence-electron chi connectivity index (χ4n) is 2.10. The van der Waals surface area contributed by atoms with Gasteiger partial charge in [0.05, 0.1) is 17.3 Å². The Morgan fingerprint density at radius 2 is 1.83 bits per heavy atom.